The summed E-state index contributed by atoms with van der Waals surface area (Å²) in [7, 11) is 0. The van der Waals surface area contributed by atoms with Crippen molar-refractivity contribution in [2.45, 2.75) is 72.2 Å². The van der Waals surface area contributed by atoms with Crippen molar-refractivity contribution in [3.63, 3.8) is 0 Å². The number of alkyl halides is 16. The Balaban J connectivity index is 3.06. The van der Waals surface area contributed by atoms with Gasteiger partial charge in [-0.05, 0) is 0 Å². The molecule has 37 heavy (non-hydrogen) atoms. The number of carbonyl (C=O) groups is 2. The zero-order chi connectivity index (χ0) is 30.1. The fourth-order valence-electron chi connectivity index (χ4n) is 4.58. The van der Waals surface area contributed by atoms with E-state index < -0.39 is 75.7 Å². The number of hydrogen-bond acceptors (Lipinski definition) is 2. The predicted molar refractivity (Wildman–Crippen MR) is 159 cm³/mol. The molecule has 4 nitrogen and oxygen atoms in total. The van der Waals surface area contributed by atoms with Crippen LogP contribution in [0.25, 0.3) is 0 Å². The molecule has 4 atom stereocenters. The third-order valence-electron chi connectivity index (χ3n) is 7.15. The molecular formula is C17H12Cl16O4. The molecule has 4 unspecified atom stereocenters. The van der Waals surface area contributed by atoms with E-state index >= 15 is 0 Å². The lowest BCUT2D eigenvalue weighted by Crippen LogP contribution is -2.84. The van der Waals surface area contributed by atoms with E-state index in [4.69, 9.17) is 186 Å². The van der Waals surface area contributed by atoms with Crippen LogP contribution in [0.5, 0.6) is 0 Å². The normalized spacial score (nSPS) is 41.6. The van der Waals surface area contributed by atoms with E-state index in [1.165, 1.54) is 13.8 Å². The highest BCUT2D eigenvalue weighted by atomic mass is 35.6. The van der Waals surface area contributed by atoms with Crippen LogP contribution in [0.3, 0.4) is 0 Å². The zero-order valence-electron chi connectivity index (χ0n) is 17.7. The maximum Gasteiger partial charge on any atom is 0.331 e. The first kappa shape index (κ1) is 36.8. The van der Waals surface area contributed by atoms with Crippen molar-refractivity contribution in [1.29, 1.82) is 0 Å². The molecule has 2 aliphatic rings. The average Bonchev–Trinajstić information content (AvgIpc) is 2.68. The molecule has 2 N–H and O–H groups in total. The minimum absolute atomic E-state index is 0.857. The highest BCUT2D eigenvalue weighted by Gasteiger charge is 2.90. The Morgan fingerprint density at radius 2 is 0.730 bits per heavy atom. The lowest BCUT2D eigenvalue weighted by molar-refractivity contribution is -0.143. The van der Waals surface area contributed by atoms with Gasteiger partial charge < -0.3 is 10.2 Å². The van der Waals surface area contributed by atoms with Gasteiger partial charge in [0.05, 0.1) is 9.75 Å². The lowest BCUT2D eigenvalue weighted by Gasteiger charge is -2.69. The standard InChI is InChI=1S/C17H12Cl16O4/c1-7(2,8(18)3-10(20,21)16(30,31)12(24,5(34)35)14(8,26)27)9(19)4-11(22,23)17(32,33)13(25,6(36)37)15(9,28)29/h3-4H2,1-2H3,(H,34,35)(H,36,37). The van der Waals surface area contributed by atoms with Crippen LogP contribution in [-0.4, -0.2) is 67.6 Å². The monoisotopic (exact) mass is 840 g/mol. The van der Waals surface area contributed by atoms with Gasteiger partial charge in [0.15, 0.2) is 26.0 Å². The van der Waals surface area contributed by atoms with Gasteiger partial charge in [-0.2, -0.15) is 0 Å². The van der Waals surface area contributed by atoms with Gasteiger partial charge in [0.2, 0.25) is 9.75 Å². The van der Waals surface area contributed by atoms with Crippen LogP contribution < -0.4 is 0 Å². The summed E-state index contributed by atoms with van der Waals surface area (Å²) < 4.78 is -16.5. The van der Waals surface area contributed by atoms with Crippen molar-refractivity contribution in [3.8, 4) is 0 Å². The molecule has 216 valence electrons. The van der Waals surface area contributed by atoms with Gasteiger partial charge in [-0.25, -0.2) is 0 Å². The molecule has 0 heterocycles. The van der Waals surface area contributed by atoms with Crippen molar-refractivity contribution in [3.05, 3.63) is 0 Å². The summed E-state index contributed by atoms with van der Waals surface area (Å²) >= 11 is 104. The van der Waals surface area contributed by atoms with Gasteiger partial charge in [0, 0.05) is 18.3 Å². The second-order valence-corrected chi connectivity index (χ2v) is 19.9. The van der Waals surface area contributed by atoms with E-state index in [9.17, 15) is 19.8 Å². The third-order valence-corrected chi connectivity index (χ3v) is 18.8. The molecular weight excluding hydrogens is 835 g/mol. The van der Waals surface area contributed by atoms with E-state index in [-0.39, 0.29) is 0 Å². The highest BCUT2D eigenvalue weighted by molar-refractivity contribution is 6.74. The van der Waals surface area contributed by atoms with Crippen molar-refractivity contribution in [1.82, 2.24) is 0 Å². The Kier molecular flexibility index (Phi) is 9.73. The zero-order valence-corrected chi connectivity index (χ0v) is 29.8. The Hall–Kier alpha value is 3.58. The highest BCUT2D eigenvalue weighted by Crippen LogP contribution is 2.80. The lowest BCUT2D eigenvalue weighted by atomic mass is 9.55. The smallest absolute Gasteiger partial charge is 0.331 e. The molecule has 2 aliphatic carbocycles. The van der Waals surface area contributed by atoms with E-state index in [0.717, 1.165) is 0 Å². The van der Waals surface area contributed by atoms with Crippen LogP contribution in [0, 0.1) is 5.41 Å². The molecule has 0 spiro atoms. The summed E-state index contributed by atoms with van der Waals surface area (Å²) in [6, 6.07) is 0. The molecule has 20 heteroatoms. The van der Waals surface area contributed by atoms with E-state index in [1.54, 1.807) is 0 Å². The SMILES string of the molecule is CC(C)(C1(Cl)CC(Cl)(Cl)C(Cl)(Cl)C(Cl)(C(=O)O)C1(Cl)Cl)C1(Cl)CC(Cl)(Cl)C(Cl)(Cl)C(Cl)(C(=O)O)C1(Cl)Cl. The van der Waals surface area contributed by atoms with E-state index in [1.807, 2.05) is 0 Å². The van der Waals surface area contributed by atoms with Crippen LogP contribution in [0.1, 0.15) is 26.7 Å². The third kappa shape index (κ3) is 4.04. The van der Waals surface area contributed by atoms with Crippen molar-refractivity contribution in [2.75, 3.05) is 0 Å². The average molecular weight is 848 g/mol. The Labute approximate surface area is 291 Å². The molecule has 2 fully saturated rings. The molecule has 2 rings (SSSR count). The number of carboxylic acid groups (broad SMARTS) is 2. The molecule has 0 aromatic rings. The summed E-state index contributed by atoms with van der Waals surface area (Å²) in [6.07, 6.45) is -1.71. The fourth-order valence-corrected chi connectivity index (χ4v) is 11.9. The minimum atomic E-state index is -3.16. The summed E-state index contributed by atoms with van der Waals surface area (Å²) in [5, 5.41) is 20.2. The largest absolute Gasteiger partial charge is 0.480 e. The van der Waals surface area contributed by atoms with E-state index in [2.05, 4.69) is 0 Å². The van der Waals surface area contributed by atoms with E-state index in [0.29, 0.717) is 0 Å². The van der Waals surface area contributed by atoms with Gasteiger partial charge >= 0.3 is 11.9 Å². The summed E-state index contributed by atoms with van der Waals surface area (Å²) in [5.41, 5.74) is -2.15. The number of carboxylic acids is 2. The molecule has 0 amide bonds. The Bertz CT molecular complexity index is 949. The molecule has 2 saturated carbocycles. The second kappa shape index (κ2) is 9.79. The first-order valence-corrected chi connectivity index (χ1v) is 15.3. The van der Waals surface area contributed by atoms with Crippen LogP contribution in [0.4, 0.5) is 0 Å². The number of halogens is 16. The van der Waals surface area contributed by atoms with Gasteiger partial charge in [-0.15, -0.1) is 23.2 Å². The van der Waals surface area contributed by atoms with Crippen molar-refractivity contribution in [2.24, 2.45) is 5.41 Å². The summed E-state index contributed by atoms with van der Waals surface area (Å²) in [6.45, 7) is 2.39. The summed E-state index contributed by atoms with van der Waals surface area (Å²) in [4.78, 5) is 13.5. The second-order valence-electron chi connectivity index (χ2n) is 9.21. The van der Waals surface area contributed by atoms with Crippen LogP contribution in [0.2, 0.25) is 0 Å². The van der Waals surface area contributed by atoms with Gasteiger partial charge in [0.1, 0.15) is 0 Å². The van der Waals surface area contributed by atoms with Gasteiger partial charge in [0.25, 0.3) is 0 Å². The number of rotatable bonds is 4. The molecule has 0 bridgehead atoms. The minimum Gasteiger partial charge on any atom is -0.480 e. The predicted octanol–water partition coefficient (Wildman–Crippen LogP) is 9.94. The molecule has 0 aromatic carbocycles. The van der Waals surface area contributed by atoms with Gasteiger partial charge in [-0.1, -0.05) is 176 Å². The molecule has 0 saturated heterocycles. The summed E-state index contributed by atoms with van der Waals surface area (Å²) in [5.74, 6) is -3.99. The van der Waals surface area contributed by atoms with Crippen LogP contribution in [-0.2, 0) is 9.59 Å². The Morgan fingerprint density at radius 3 is 0.919 bits per heavy atom. The fraction of sp³-hybridized carbons (Fsp3) is 0.882. The molecule has 0 aromatic heterocycles. The van der Waals surface area contributed by atoms with Crippen LogP contribution in [0.15, 0.2) is 0 Å². The van der Waals surface area contributed by atoms with Crippen molar-refractivity contribution >= 4 is 198 Å². The maximum atomic E-state index is 12.5. The molecule has 0 aliphatic heterocycles. The number of aliphatic carboxylic acids is 2. The first-order chi connectivity index (χ1) is 15.8. The Morgan fingerprint density at radius 1 is 0.514 bits per heavy atom. The van der Waals surface area contributed by atoms with Crippen molar-refractivity contribution < 1.29 is 19.8 Å². The number of hydrogen-bond donors (Lipinski definition) is 2. The topological polar surface area (TPSA) is 74.6 Å². The molecule has 0 radical (unpaired) electrons. The first-order valence-electron chi connectivity index (χ1n) is 9.29. The maximum absolute atomic E-state index is 12.5. The quantitative estimate of drug-likeness (QED) is 0.277. The van der Waals surface area contributed by atoms with Crippen LogP contribution >= 0.6 is 186 Å². The van der Waals surface area contributed by atoms with Gasteiger partial charge in [-0.3, -0.25) is 9.59 Å².